The summed E-state index contributed by atoms with van der Waals surface area (Å²) >= 11 is 0. The Hall–Kier alpha value is -3.40. The van der Waals surface area contributed by atoms with Crippen molar-refractivity contribution >= 4 is 49.7 Å². The van der Waals surface area contributed by atoms with E-state index in [-0.39, 0.29) is 28.4 Å². The molecule has 2 saturated heterocycles. The summed E-state index contributed by atoms with van der Waals surface area (Å²) in [5, 5.41) is 22.7. The van der Waals surface area contributed by atoms with Crippen LogP contribution >= 0.6 is 15.6 Å². The van der Waals surface area contributed by atoms with Crippen molar-refractivity contribution in [2.24, 2.45) is 11.8 Å². The van der Waals surface area contributed by atoms with Crippen LogP contribution in [0.15, 0.2) is 23.8 Å². The maximum absolute atomic E-state index is 13.2. The summed E-state index contributed by atoms with van der Waals surface area (Å²) in [6.07, 6.45) is -5.10. The molecule has 11 atom stereocenters. The lowest BCUT2D eigenvalue weighted by Crippen LogP contribution is -2.41. The van der Waals surface area contributed by atoms with Crippen LogP contribution in [0.2, 0.25) is 0 Å². The monoisotopic (exact) mass is 684 g/mol. The number of nitrogens with one attached hydrogen (secondary N) is 1. The molecule has 4 aromatic heterocycles. The zero-order valence-electron chi connectivity index (χ0n) is 23.2. The van der Waals surface area contributed by atoms with E-state index in [9.17, 15) is 33.9 Å². The molecule has 4 fully saturated rings. The number of imidazole rings is 2. The van der Waals surface area contributed by atoms with Crippen LogP contribution in [0.5, 0.6) is 0 Å². The molecule has 4 unspecified atom stereocenters. The second-order valence-corrected chi connectivity index (χ2v) is 14.3. The molecule has 46 heavy (non-hydrogen) atoms. The summed E-state index contributed by atoms with van der Waals surface area (Å²) in [5.74, 6) is -1.57. The van der Waals surface area contributed by atoms with Gasteiger partial charge >= 0.3 is 15.6 Å². The molecule has 0 amide bonds. The lowest BCUT2D eigenvalue weighted by Gasteiger charge is -2.31. The number of hydrogen-bond acceptors (Lipinski definition) is 17. The van der Waals surface area contributed by atoms with Crippen molar-refractivity contribution in [2.45, 2.75) is 48.7 Å². The normalized spacial score (nSPS) is 41.0. The molecule has 0 aromatic carbocycles. The van der Waals surface area contributed by atoms with Gasteiger partial charge in [-0.25, -0.2) is 29.1 Å². The topological polar surface area (TPSA) is 320 Å². The first kappa shape index (κ1) is 30.0. The highest BCUT2D eigenvalue weighted by molar-refractivity contribution is 7.47. The number of aromatic nitrogens is 8. The third kappa shape index (κ3) is 4.45. The molecule has 0 bridgehead atoms. The van der Waals surface area contributed by atoms with Gasteiger partial charge in [0.25, 0.3) is 5.56 Å². The number of anilines is 2. The van der Waals surface area contributed by atoms with Crippen molar-refractivity contribution in [3.63, 3.8) is 0 Å². The predicted molar refractivity (Wildman–Crippen MR) is 149 cm³/mol. The second kappa shape index (κ2) is 10.1. The number of nitrogens with two attached hydrogens (primary N) is 2. The molecule has 8 rings (SSSR count). The zero-order chi connectivity index (χ0) is 32.3. The maximum Gasteiger partial charge on any atom is 0.472 e. The number of hydrogen-bond donors (Lipinski definition) is 7. The number of rotatable bonds is 2. The van der Waals surface area contributed by atoms with Gasteiger partial charge in [0.1, 0.15) is 42.4 Å². The molecule has 0 spiro atoms. The Morgan fingerprint density at radius 2 is 1.67 bits per heavy atom. The molecule has 2 saturated carbocycles. The molecule has 9 N–H and O–H groups in total. The first-order valence-electron chi connectivity index (χ1n) is 13.8. The minimum Gasteiger partial charge on any atom is -0.388 e. The first-order valence-corrected chi connectivity index (χ1v) is 16.8. The number of ether oxygens (including phenoxy) is 1. The second-order valence-electron chi connectivity index (χ2n) is 11.5. The highest BCUT2D eigenvalue weighted by atomic mass is 31.2. The van der Waals surface area contributed by atoms with Crippen molar-refractivity contribution < 1.29 is 52.0 Å². The standard InChI is InChI=1S/C22H26N10O12P2/c23-16-10-17(26-4-25-16)32(6-28-10)22-1-8(22)7-2-40-45(36,37)44-14-9(3-41-46(38,39)43-13(7)15(22)34)42-20(12(14)33)31-5-27-11-18(31)29-21(24)30-19(11)35/h4-9,12-15,20,33-34H,1-3H2,(H,36,37)(H,38,39)(H2,23,25,26)(H3,24,29,30,35)/t7-,8?,9+,12+,13+,14+,15+,20+,22?/m0/s1. The Bertz CT molecular complexity index is 2040. The van der Waals surface area contributed by atoms with Gasteiger partial charge < -0.3 is 40.8 Å². The third-order valence-corrected chi connectivity index (χ3v) is 10.9. The smallest absolute Gasteiger partial charge is 0.388 e. The summed E-state index contributed by atoms with van der Waals surface area (Å²) < 4.78 is 56.4. The van der Waals surface area contributed by atoms with Gasteiger partial charge in [-0.15, -0.1) is 0 Å². The number of fused-ring (bicyclic) bond motifs is 6. The Kier molecular flexibility index (Phi) is 6.55. The number of nitrogen functional groups attached to an aromatic ring is 2. The van der Waals surface area contributed by atoms with Gasteiger partial charge in [-0.05, 0) is 12.3 Å². The zero-order valence-corrected chi connectivity index (χ0v) is 25.0. The first-order chi connectivity index (χ1) is 21.8. The number of aromatic amines is 1. The van der Waals surface area contributed by atoms with Gasteiger partial charge in [-0.2, -0.15) is 4.98 Å². The van der Waals surface area contributed by atoms with Gasteiger partial charge in [0.2, 0.25) is 5.95 Å². The minimum atomic E-state index is -4.99. The summed E-state index contributed by atoms with van der Waals surface area (Å²) in [6.45, 7) is -1.36. The molecule has 22 nitrogen and oxygen atoms in total. The maximum atomic E-state index is 13.2. The van der Waals surface area contributed by atoms with Gasteiger partial charge in [0.15, 0.2) is 28.9 Å². The van der Waals surface area contributed by atoms with Crippen LogP contribution in [0.4, 0.5) is 11.8 Å². The van der Waals surface area contributed by atoms with Gasteiger partial charge in [0.05, 0.1) is 31.4 Å². The average molecular weight is 684 g/mol. The van der Waals surface area contributed by atoms with Crippen LogP contribution in [0, 0.1) is 11.8 Å². The number of phosphoric acid groups is 2. The van der Waals surface area contributed by atoms with Crippen molar-refractivity contribution in [2.75, 3.05) is 24.7 Å². The molecular weight excluding hydrogens is 658 g/mol. The van der Waals surface area contributed by atoms with Crippen LogP contribution < -0.4 is 17.0 Å². The minimum absolute atomic E-state index is 0.0855. The number of aliphatic hydroxyl groups is 2. The van der Waals surface area contributed by atoms with E-state index < -0.39 is 88.5 Å². The fourth-order valence-corrected chi connectivity index (χ4v) is 8.85. The number of H-pyrrole nitrogens is 1. The lowest BCUT2D eigenvalue weighted by atomic mass is 10.0. The van der Waals surface area contributed by atoms with Crippen LogP contribution in [0.25, 0.3) is 22.3 Å². The highest BCUT2D eigenvalue weighted by Crippen LogP contribution is 2.68. The number of phosphoric ester groups is 2. The fourth-order valence-electron chi connectivity index (χ4n) is 6.89. The van der Waals surface area contributed by atoms with E-state index in [1.54, 1.807) is 4.57 Å². The van der Waals surface area contributed by atoms with Crippen LogP contribution in [-0.2, 0) is 37.5 Å². The van der Waals surface area contributed by atoms with E-state index >= 15 is 0 Å². The molecule has 6 heterocycles. The van der Waals surface area contributed by atoms with Crippen LogP contribution in [0.1, 0.15) is 12.6 Å². The summed E-state index contributed by atoms with van der Waals surface area (Å²) in [7, 11) is -9.96. The Balaban J connectivity index is 1.10. The highest BCUT2D eigenvalue weighted by Gasteiger charge is 2.74. The van der Waals surface area contributed by atoms with E-state index in [1.165, 1.54) is 12.7 Å². The molecule has 4 aromatic rings. The summed E-state index contributed by atoms with van der Waals surface area (Å²) in [5.41, 5.74) is 10.1. The van der Waals surface area contributed by atoms with Crippen molar-refractivity contribution in [3.8, 4) is 0 Å². The van der Waals surface area contributed by atoms with E-state index in [1.807, 2.05) is 0 Å². The van der Waals surface area contributed by atoms with Gasteiger partial charge in [-0.1, -0.05) is 0 Å². The quantitative estimate of drug-likeness (QED) is 0.113. The van der Waals surface area contributed by atoms with E-state index in [0.717, 1.165) is 10.9 Å². The summed E-state index contributed by atoms with van der Waals surface area (Å²) in [4.78, 5) is 56.4. The van der Waals surface area contributed by atoms with E-state index in [4.69, 9.17) is 34.3 Å². The van der Waals surface area contributed by atoms with E-state index in [2.05, 4.69) is 29.9 Å². The molecule has 2 aliphatic carbocycles. The van der Waals surface area contributed by atoms with E-state index in [0.29, 0.717) is 12.1 Å². The van der Waals surface area contributed by atoms with Crippen molar-refractivity contribution in [3.05, 3.63) is 29.3 Å². The Labute approximate surface area is 255 Å². The molecule has 2 aliphatic heterocycles. The SMILES string of the molecule is Nc1nc2c(ncn2[C@@H]2O[C@@H]3COP(=O)(O)O[C@H]4[C@@H](O)C5(n6cnc7c(N)ncnc76)CC5[C@@H]4COP(=O)(O)O[C@H]3[C@H]2O)c(=O)[nH]1. The summed E-state index contributed by atoms with van der Waals surface area (Å²) in [6, 6.07) is 0. The average Bonchev–Trinajstić information content (AvgIpc) is 3.25. The molecular formula is C22H26N10O12P2. The van der Waals surface area contributed by atoms with Crippen LogP contribution in [-0.4, -0.2) is 103 Å². The third-order valence-electron chi connectivity index (χ3n) is 8.98. The fraction of sp³-hybridized carbons (Fsp3) is 0.545. The predicted octanol–water partition coefficient (Wildman–Crippen LogP) is -1.89. The van der Waals surface area contributed by atoms with Gasteiger partial charge in [0, 0.05) is 5.92 Å². The van der Waals surface area contributed by atoms with Crippen molar-refractivity contribution in [1.82, 2.24) is 39.0 Å². The molecule has 246 valence electrons. The number of nitrogens with zero attached hydrogens (tertiary/aromatic N) is 7. The molecule has 24 heteroatoms. The Morgan fingerprint density at radius 1 is 0.957 bits per heavy atom. The molecule has 4 aliphatic rings. The van der Waals surface area contributed by atoms with Crippen molar-refractivity contribution in [1.29, 1.82) is 0 Å². The number of aliphatic hydroxyl groups excluding tert-OH is 2. The Morgan fingerprint density at radius 3 is 2.46 bits per heavy atom. The largest absolute Gasteiger partial charge is 0.472 e. The van der Waals surface area contributed by atoms with Gasteiger partial charge in [-0.3, -0.25) is 32.4 Å². The van der Waals surface area contributed by atoms with Crippen LogP contribution in [0.3, 0.4) is 0 Å². The molecule has 0 radical (unpaired) electrons. The lowest BCUT2D eigenvalue weighted by molar-refractivity contribution is -0.0652.